The van der Waals surface area contributed by atoms with Gasteiger partial charge in [-0.25, -0.2) is 0 Å². The van der Waals surface area contributed by atoms with E-state index in [9.17, 15) is 14.4 Å². The van der Waals surface area contributed by atoms with E-state index in [0.717, 1.165) is 27.6 Å². The molecule has 4 rings (SSSR count). The summed E-state index contributed by atoms with van der Waals surface area (Å²) >= 11 is 7.86. The van der Waals surface area contributed by atoms with Crippen LogP contribution < -0.4 is 4.74 Å². The summed E-state index contributed by atoms with van der Waals surface area (Å²) in [4.78, 5) is 37.6. The Hall–Kier alpha value is -2.62. The molecule has 0 aromatic heterocycles. The Morgan fingerprint density at radius 3 is 2.44 bits per heavy atom. The average molecular weight is 605 g/mol. The topological polar surface area (TPSA) is 72.9 Å². The van der Waals surface area contributed by atoms with E-state index in [1.165, 1.54) is 5.39 Å². The number of halogens is 2. The molecule has 1 aliphatic rings. The Morgan fingerprint density at radius 2 is 1.74 bits per heavy atom. The Kier molecular flexibility index (Phi) is 7.75. The van der Waals surface area contributed by atoms with Crippen LogP contribution in [0.5, 0.6) is 5.75 Å². The summed E-state index contributed by atoms with van der Waals surface area (Å²) in [5, 5.41) is 1.82. The summed E-state index contributed by atoms with van der Waals surface area (Å²) < 4.78 is 12.3. The predicted octanol–water partition coefficient (Wildman–Crippen LogP) is 6.54. The second-order valence-electron chi connectivity index (χ2n) is 7.36. The van der Waals surface area contributed by atoms with Crippen LogP contribution in [0.25, 0.3) is 16.8 Å². The number of nitrogens with zero attached hydrogens (tertiary/aromatic N) is 1. The van der Waals surface area contributed by atoms with Crippen LogP contribution in [0.15, 0.2) is 68.4 Å². The van der Waals surface area contributed by atoms with E-state index in [1.807, 2.05) is 18.2 Å². The molecular weight excluding hydrogens is 586 g/mol. The second kappa shape index (κ2) is 10.8. The van der Waals surface area contributed by atoms with Crippen LogP contribution >= 0.6 is 43.6 Å². The van der Waals surface area contributed by atoms with Crippen molar-refractivity contribution in [1.29, 1.82) is 0 Å². The van der Waals surface area contributed by atoms with Crippen molar-refractivity contribution in [3.05, 3.63) is 79.6 Å². The van der Waals surface area contributed by atoms with E-state index in [4.69, 9.17) is 9.47 Å². The first-order valence-corrected chi connectivity index (χ1v) is 12.8. The maximum absolute atomic E-state index is 12.6. The molecule has 34 heavy (non-hydrogen) atoms. The van der Waals surface area contributed by atoms with Gasteiger partial charge in [0.2, 0.25) is 0 Å². The van der Waals surface area contributed by atoms with Crippen LogP contribution in [0.1, 0.15) is 18.1 Å². The highest BCUT2D eigenvalue weighted by atomic mass is 79.9. The van der Waals surface area contributed by atoms with Crippen LogP contribution in [-0.4, -0.2) is 35.2 Å². The predicted molar refractivity (Wildman–Crippen MR) is 139 cm³/mol. The molecule has 3 aromatic rings. The first-order chi connectivity index (χ1) is 16.4. The number of hydrogen-bond donors (Lipinski definition) is 0. The summed E-state index contributed by atoms with van der Waals surface area (Å²) in [6, 6.07) is 17.9. The lowest BCUT2D eigenvalue weighted by Crippen LogP contribution is -2.34. The van der Waals surface area contributed by atoms with E-state index in [-0.39, 0.29) is 11.5 Å². The Labute approximate surface area is 217 Å². The summed E-state index contributed by atoms with van der Waals surface area (Å²) in [5.74, 6) is -0.517. The zero-order chi connectivity index (χ0) is 24.2. The molecule has 0 N–H and O–H groups in total. The molecule has 1 aliphatic heterocycles. The van der Waals surface area contributed by atoms with Crippen molar-refractivity contribution >= 4 is 77.6 Å². The molecule has 1 fully saturated rings. The number of amides is 2. The number of imide groups is 1. The van der Waals surface area contributed by atoms with Gasteiger partial charge < -0.3 is 9.47 Å². The molecule has 2 amide bonds. The summed E-state index contributed by atoms with van der Waals surface area (Å²) in [5.41, 5.74) is 1.73. The Bertz CT molecular complexity index is 1300. The number of benzene rings is 3. The summed E-state index contributed by atoms with van der Waals surface area (Å²) in [6.45, 7) is 1.83. The molecule has 174 valence electrons. The molecule has 0 radical (unpaired) electrons. The lowest BCUT2D eigenvalue weighted by atomic mass is 10.1. The monoisotopic (exact) mass is 603 g/mol. The number of thioether (sulfide) groups is 1. The van der Waals surface area contributed by atoms with E-state index < -0.39 is 23.7 Å². The molecular formula is C25H19Br2NO5S. The number of carbonyl (C=O) groups excluding carboxylic acids is 3. The molecule has 6 nitrogen and oxygen atoms in total. The lowest BCUT2D eigenvalue weighted by Gasteiger charge is -2.12. The molecule has 0 saturated carbocycles. The SMILES string of the molecule is CCOC(=O)CN1C(=O)S/C(=C/c2cc(Br)c(OCc3ccc4ccccc4c3)c(Br)c2)C1=O. The van der Waals surface area contributed by atoms with E-state index in [0.29, 0.717) is 26.9 Å². The fourth-order valence-electron chi connectivity index (χ4n) is 3.41. The lowest BCUT2D eigenvalue weighted by molar-refractivity contribution is -0.145. The standard InChI is InChI=1S/C25H19Br2NO5S/c1-2-32-22(29)13-28-24(30)21(34-25(28)31)12-16-10-19(26)23(20(27)11-16)33-14-15-7-8-17-5-3-4-6-18(17)9-15/h3-12H,2,13-14H2,1H3/b21-12+. The van der Waals surface area contributed by atoms with Gasteiger partial charge in [-0.3, -0.25) is 19.3 Å². The maximum atomic E-state index is 12.6. The fraction of sp³-hybridized carbons (Fsp3) is 0.160. The maximum Gasteiger partial charge on any atom is 0.326 e. The van der Waals surface area contributed by atoms with Gasteiger partial charge in [0, 0.05) is 0 Å². The van der Waals surface area contributed by atoms with E-state index in [1.54, 1.807) is 25.1 Å². The molecule has 9 heteroatoms. The van der Waals surface area contributed by atoms with Crippen LogP contribution in [0, 0.1) is 0 Å². The molecule has 0 aliphatic carbocycles. The minimum atomic E-state index is -0.621. The van der Waals surface area contributed by atoms with E-state index in [2.05, 4.69) is 56.1 Å². The van der Waals surface area contributed by atoms with Crippen LogP contribution in [0.4, 0.5) is 4.79 Å². The molecule has 0 bridgehead atoms. The van der Waals surface area contributed by atoms with Gasteiger partial charge in [-0.1, -0.05) is 36.4 Å². The Balaban J connectivity index is 1.48. The molecule has 3 aromatic carbocycles. The number of hydrogen-bond acceptors (Lipinski definition) is 6. The van der Waals surface area contributed by atoms with Crippen molar-refractivity contribution in [2.45, 2.75) is 13.5 Å². The second-order valence-corrected chi connectivity index (χ2v) is 10.1. The minimum Gasteiger partial charge on any atom is -0.487 e. The number of carbonyl (C=O) groups is 3. The van der Waals surface area contributed by atoms with Gasteiger partial charge in [-0.2, -0.15) is 0 Å². The van der Waals surface area contributed by atoms with Crippen molar-refractivity contribution in [1.82, 2.24) is 4.90 Å². The van der Waals surface area contributed by atoms with Crippen LogP contribution in [0.3, 0.4) is 0 Å². The van der Waals surface area contributed by atoms with Gasteiger partial charge in [0.05, 0.1) is 20.5 Å². The van der Waals surface area contributed by atoms with Gasteiger partial charge in [-0.05, 0) is 96.7 Å². The molecule has 0 atom stereocenters. The molecule has 1 heterocycles. The fourth-order valence-corrected chi connectivity index (χ4v) is 5.70. The Morgan fingerprint density at radius 1 is 1.03 bits per heavy atom. The largest absolute Gasteiger partial charge is 0.487 e. The number of rotatable bonds is 7. The highest BCUT2D eigenvalue weighted by Gasteiger charge is 2.36. The summed E-state index contributed by atoms with van der Waals surface area (Å²) in [6.07, 6.45) is 1.61. The third-order valence-corrected chi connectivity index (χ3v) is 7.07. The first kappa shape index (κ1) is 24.5. The van der Waals surface area contributed by atoms with Crippen molar-refractivity contribution in [2.24, 2.45) is 0 Å². The van der Waals surface area contributed by atoms with Gasteiger partial charge >= 0.3 is 5.97 Å². The zero-order valence-corrected chi connectivity index (χ0v) is 22.0. The highest BCUT2D eigenvalue weighted by Crippen LogP contribution is 2.38. The van der Waals surface area contributed by atoms with Crippen molar-refractivity contribution in [3.63, 3.8) is 0 Å². The quantitative estimate of drug-likeness (QED) is 0.225. The van der Waals surface area contributed by atoms with Crippen molar-refractivity contribution in [2.75, 3.05) is 13.2 Å². The van der Waals surface area contributed by atoms with Crippen LogP contribution in [-0.2, 0) is 20.9 Å². The third-order valence-electron chi connectivity index (χ3n) is 4.98. The molecule has 0 spiro atoms. The number of esters is 1. The number of fused-ring (bicyclic) bond motifs is 1. The first-order valence-electron chi connectivity index (χ1n) is 10.4. The molecule has 0 unspecified atom stereocenters. The van der Waals surface area contributed by atoms with Crippen LogP contribution in [0.2, 0.25) is 0 Å². The highest BCUT2D eigenvalue weighted by molar-refractivity contribution is 9.11. The van der Waals surface area contributed by atoms with Crippen molar-refractivity contribution < 1.29 is 23.9 Å². The smallest absolute Gasteiger partial charge is 0.326 e. The third kappa shape index (κ3) is 5.54. The van der Waals surface area contributed by atoms with Gasteiger partial charge in [0.15, 0.2) is 0 Å². The zero-order valence-electron chi connectivity index (χ0n) is 18.0. The minimum absolute atomic E-state index is 0.183. The average Bonchev–Trinajstić information content (AvgIpc) is 3.06. The number of ether oxygens (including phenoxy) is 2. The van der Waals surface area contributed by atoms with E-state index >= 15 is 0 Å². The normalized spacial score (nSPS) is 14.8. The molecule has 1 saturated heterocycles. The van der Waals surface area contributed by atoms with Gasteiger partial charge in [-0.15, -0.1) is 0 Å². The summed E-state index contributed by atoms with van der Waals surface area (Å²) in [7, 11) is 0. The van der Waals surface area contributed by atoms with Gasteiger partial charge in [0.1, 0.15) is 18.9 Å². The van der Waals surface area contributed by atoms with Gasteiger partial charge in [0.25, 0.3) is 11.1 Å². The van der Waals surface area contributed by atoms with Crippen molar-refractivity contribution in [3.8, 4) is 5.75 Å².